The molecule has 0 spiro atoms. The van der Waals surface area contributed by atoms with Crippen LogP contribution in [0.4, 0.5) is 5.69 Å². The van der Waals surface area contributed by atoms with E-state index in [0.717, 1.165) is 0 Å². The molecule has 10 heteroatoms. The van der Waals surface area contributed by atoms with E-state index in [1.165, 1.54) is 29.8 Å². The number of ether oxygens (including phenoxy) is 2. The summed E-state index contributed by atoms with van der Waals surface area (Å²) in [6, 6.07) is 11.3. The SMILES string of the molecule is CCN(CC)S(=O)(=O)c1cccc(NC(=O)CO/N=C/c2cc(OC)ccc2OC)c1. The first kappa shape index (κ1) is 24.2. The maximum absolute atomic E-state index is 12.6. The van der Waals surface area contributed by atoms with Crippen molar-refractivity contribution in [3.63, 3.8) is 0 Å². The van der Waals surface area contributed by atoms with Crippen LogP contribution in [0, 0.1) is 0 Å². The lowest BCUT2D eigenvalue weighted by Gasteiger charge is -2.18. The number of nitrogens with zero attached hydrogens (tertiary/aromatic N) is 2. The number of hydrogen-bond donors (Lipinski definition) is 1. The maximum atomic E-state index is 12.6. The summed E-state index contributed by atoms with van der Waals surface area (Å²) in [4.78, 5) is 17.3. The second kappa shape index (κ2) is 11.3. The van der Waals surface area contributed by atoms with Gasteiger partial charge in [0.2, 0.25) is 10.0 Å². The van der Waals surface area contributed by atoms with E-state index < -0.39 is 15.9 Å². The van der Waals surface area contributed by atoms with Gasteiger partial charge in [-0.25, -0.2) is 8.42 Å². The molecular formula is C21H27N3O6S. The van der Waals surface area contributed by atoms with E-state index in [2.05, 4.69) is 10.5 Å². The van der Waals surface area contributed by atoms with Gasteiger partial charge >= 0.3 is 0 Å². The summed E-state index contributed by atoms with van der Waals surface area (Å²) in [5, 5.41) is 6.39. The number of benzene rings is 2. The van der Waals surface area contributed by atoms with Crippen LogP contribution in [-0.4, -0.2) is 58.8 Å². The average molecular weight is 450 g/mol. The standard InChI is InChI=1S/C21H27N3O6S/c1-5-24(6-2)31(26,27)19-9-7-8-17(13-19)23-21(25)15-30-22-14-16-12-18(28-3)10-11-20(16)29-4/h7-14H,5-6,15H2,1-4H3,(H,23,25)/b22-14+. The molecule has 0 bridgehead atoms. The molecule has 0 aliphatic carbocycles. The van der Waals surface area contributed by atoms with Gasteiger partial charge in [-0.1, -0.05) is 25.1 Å². The van der Waals surface area contributed by atoms with Crippen molar-refractivity contribution >= 4 is 27.8 Å². The molecule has 0 aromatic heterocycles. The topological polar surface area (TPSA) is 107 Å². The van der Waals surface area contributed by atoms with E-state index in [1.54, 1.807) is 51.3 Å². The Kier molecular flexibility index (Phi) is 8.83. The van der Waals surface area contributed by atoms with E-state index in [1.807, 2.05) is 0 Å². The van der Waals surface area contributed by atoms with Crippen LogP contribution in [0.3, 0.4) is 0 Å². The van der Waals surface area contributed by atoms with Gasteiger partial charge in [-0.15, -0.1) is 0 Å². The van der Waals surface area contributed by atoms with Crippen molar-refractivity contribution in [1.82, 2.24) is 4.31 Å². The summed E-state index contributed by atoms with van der Waals surface area (Å²) in [5.74, 6) is 0.718. The predicted octanol–water partition coefficient (Wildman–Crippen LogP) is 2.72. The quantitative estimate of drug-likeness (QED) is 0.418. The zero-order valence-electron chi connectivity index (χ0n) is 18.0. The summed E-state index contributed by atoms with van der Waals surface area (Å²) in [6.45, 7) is 3.91. The summed E-state index contributed by atoms with van der Waals surface area (Å²) in [6.07, 6.45) is 1.41. The maximum Gasteiger partial charge on any atom is 0.265 e. The molecule has 1 N–H and O–H groups in total. The number of oxime groups is 1. The highest BCUT2D eigenvalue weighted by Crippen LogP contribution is 2.22. The summed E-state index contributed by atoms with van der Waals surface area (Å²) < 4.78 is 37.0. The number of nitrogens with one attached hydrogen (secondary N) is 1. The molecule has 2 aromatic rings. The Hall–Kier alpha value is -3.11. The fourth-order valence-electron chi connectivity index (χ4n) is 2.77. The minimum absolute atomic E-state index is 0.109. The van der Waals surface area contributed by atoms with Crippen molar-refractivity contribution < 1.29 is 27.5 Å². The average Bonchev–Trinajstić information content (AvgIpc) is 2.77. The van der Waals surface area contributed by atoms with E-state index in [4.69, 9.17) is 14.3 Å². The molecule has 2 rings (SSSR count). The first-order chi connectivity index (χ1) is 14.8. The largest absolute Gasteiger partial charge is 0.497 e. The van der Waals surface area contributed by atoms with E-state index in [-0.39, 0.29) is 11.5 Å². The molecule has 1 amide bonds. The van der Waals surface area contributed by atoms with Gasteiger partial charge in [0.25, 0.3) is 5.91 Å². The first-order valence-electron chi connectivity index (χ1n) is 9.63. The summed E-state index contributed by atoms with van der Waals surface area (Å²) in [7, 11) is -0.541. The third-order valence-corrected chi connectivity index (χ3v) is 6.41. The molecule has 0 aliphatic heterocycles. The number of carbonyl (C=O) groups is 1. The number of anilines is 1. The highest BCUT2D eigenvalue weighted by molar-refractivity contribution is 7.89. The number of carbonyl (C=O) groups excluding carboxylic acids is 1. The first-order valence-corrected chi connectivity index (χ1v) is 11.1. The third-order valence-electron chi connectivity index (χ3n) is 4.36. The van der Waals surface area contributed by atoms with Gasteiger partial charge in [0.05, 0.1) is 25.3 Å². The van der Waals surface area contributed by atoms with Gasteiger partial charge in [0, 0.05) is 24.3 Å². The number of rotatable bonds is 11. The van der Waals surface area contributed by atoms with Gasteiger partial charge in [0.15, 0.2) is 6.61 Å². The Morgan fingerprint density at radius 3 is 2.48 bits per heavy atom. The van der Waals surface area contributed by atoms with Crippen molar-refractivity contribution in [2.24, 2.45) is 5.16 Å². The molecule has 0 fully saturated rings. The summed E-state index contributed by atoms with van der Waals surface area (Å²) >= 11 is 0. The molecule has 31 heavy (non-hydrogen) atoms. The number of hydrogen-bond acceptors (Lipinski definition) is 7. The van der Waals surface area contributed by atoms with Crippen LogP contribution in [0.15, 0.2) is 52.5 Å². The number of amides is 1. The van der Waals surface area contributed by atoms with Crippen molar-refractivity contribution in [1.29, 1.82) is 0 Å². The molecule has 9 nitrogen and oxygen atoms in total. The molecule has 0 heterocycles. The van der Waals surface area contributed by atoms with E-state index >= 15 is 0 Å². The smallest absolute Gasteiger partial charge is 0.265 e. The molecular weight excluding hydrogens is 422 g/mol. The van der Waals surface area contributed by atoms with Crippen molar-refractivity contribution in [2.75, 3.05) is 39.2 Å². The van der Waals surface area contributed by atoms with Crippen LogP contribution >= 0.6 is 0 Å². The van der Waals surface area contributed by atoms with Crippen LogP contribution in [0.2, 0.25) is 0 Å². The van der Waals surface area contributed by atoms with E-state index in [0.29, 0.717) is 35.8 Å². The second-order valence-electron chi connectivity index (χ2n) is 6.28. The molecule has 0 aliphatic rings. The zero-order valence-corrected chi connectivity index (χ0v) is 18.8. The van der Waals surface area contributed by atoms with Crippen molar-refractivity contribution in [3.05, 3.63) is 48.0 Å². The molecule has 0 saturated heterocycles. The Balaban J connectivity index is 1.99. The normalized spacial score (nSPS) is 11.5. The highest BCUT2D eigenvalue weighted by Gasteiger charge is 2.21. The molecule has 0 atom stereocenters. The fraction of sp³-hybridized carbons (Fsp3) is 0.333. The van der Waals surface area contributed by atoms with Crippen molar-refractivity contribution in [3.8, 4) is 11.5 Å². The molecule has 0 unspecified atom stereocenters. The van der Waals surface area contributed by atoms with E-state index in [9.17, 15) is 13.2 Å². The Morgan fingerprint density at radius 2 is 1.84 bits per heavy atom. The van der Waals surface area contributed by atoms with Gasteiger partial charge in [-0.05, 0) is 36.4 Å². The van der Waals surface area contributed by atoms with Crippen LogP contribution in [0.25, 0.3) is 0 Å². The molecule has 168 valence electrons. The third kappa shape index (κ3) is 6.43. The minimum atomic E-state index is -3.62. The lowest BCUT2D eigenvalue weighted by atomic mass is 10.2. The van der Waals surface area contributed by atoms with Gasteiger partial charge in [0.1, 0.15) is 11.5 Å². The lowest BCUT2D eigenvalue weighted by Crippen LogP contribution is -2.30. The Labute approximate surface area is 182 Å². The van der Waals surface area contributed by atoms with Gasteiger partial charge in [-0.3, -0.25) is 4.79 Å². The lowest BCUT2D eigenvalue weighted by molar-refractivity contribution is -0.120. The molecule has 0 saturated carbocycles. The highest BCUT2D eigenvalue weighted by atomic mass is 32.2. The Morgan fingerprint density at radius 1 is 1.10 bits per heavy atom. The van der Waals surface area contributed by atoms with Crippen LogP contribution < -0.4 is 14.8 Å². The zero-order chi connectivity index (χ0) is 22.9. The fourth-order valence-corrected chi connectivity index (χ4v) is 4.28. The van der Waals surface area contributed by atoms with Crippen LogP contribution in [0.1, 0.15) is 19.4 Å². The molecule has 2 aromatic carbocycles. The van der Waals surface area contributed by atoms with Crippen molar-refractivity contribution in [2.45, 2.75) is 18.7 Å². The van der Waals surface area contributed by atoms with Gasteiger partial charge in [-0.2, -0.15) is 4.31 Å². The molecule has 0 radical (unpaired) electrons. The summed E-state index contributed by atoms with van der Waals surface area (Å²) in [5.41, 5.74) is 0.969. The Bertz CT molecular complexity index is 1020. The van der Waals surface area contributed by atoms with Crippen LogP contribution in [-0.2, 0) is 19.7 Å². The van der Waals surface area contributed by atoms with Gasteiger partial charge < -0.3 is 19.6 Å². The second-order valence-corrected chi connectivity index (χ2v) is 8.22. The minimum Gasteiger partial charge on any atom is -0.497 e. The number of methoxy groups -OCH3 is 2. The number of sulfonamides is 1. The monoisotopic (exact) mass is 449 g/mol. The predicted molar refractivity (Wildman–Crippen MR) is 118 cm³/mol. The van der Waals surface area contributed by atoms with Crippen LogP contribution in [0.5, 0.6) is 11.5 Å².